The quantitative estimate of drug-likeness (QED) is 0.639. The summed E-state index contributed by atoms with van der Waals surface area (Å²) in [6.07, 6.45) is 0. The number of nitrogens with one attached hydrogen (secondary N) is 1. The molecule has 0 atom stereocenters. The normalized spacial score (nSPS) is 9.27. The summed E-state index contributed by atoms with van der Waals surface area (Å²) in [7, 11) is 0. The SMILES string of the molecule is Cc1ccc(C(=O)NCl)cc1. The van der Waals surface area contributed by atoms with Crippen LogP contribution >= 0.6 is 11.8 Å². The molecule has 0 heterocycles. The van der Waals surface area contributed by atoms with Gasteiger partial charge in [-0.05, 0) is 19.1 Å². The van der Waals surface area contributed by atoms with Gasteiger partial charge in [-0.2, -0.15) is 0 Å². The smallest absolute Gasteiger partial charge is 0.265 e. The number of amides is 1. The summed E-state index contributed by atoms with van der Waals surface area (Å²) in [5, 5.41) is 0. The molecule has 0 spiro atoms. The van der Waals surface area contributed by atoms with E-state index < -0.39 is 0 Å². The molecule has 11 heavy (non-hydrogen) atoms. The van der Waals surface area contributed by atoms with Crippen LogP contribution in [0.25, 0.3) is 0 Å². The predicted octanol–water partition coefficient (Wildman–Crippen LogP) is 1.88. The summed E-state index contributed by atoms with van der Waals surface area (Å²) in [5.41, 5.74) is 1.70. The van der Waals surface area contributed by atoms with Gasteiger partial charge >= 0.3 is 0 Å². The summed E-state index contributed by atoms with van der Waals surface area (Å²) in [5.74, 6) is -0.272. The first-order chi connectivity index (χ1) is 5.24. The highest BCUT2D eigenvalue weighted by molar-refractivity contribution is 6.24. The zero-order valence-corrected chi connectivity index (χ0v) is 6.85. The fraction of sp³-hybridized carbons (Fsp3) is 0.125. The highest BCUT2D eigenvalue weighted by atomic mass is 35.5. The fourth-order valence-corrected chi connectivity index (χ4v) is 0.869. The lowest BCUT2D eigenvalue weighted by atomic mass is 10.1. The first-order valence-electron chi connectivity index (χ1n) is 3.21. The van der Waals surface area contributed by atoms with E-state index in [1.165, 1.54) is 0 Å². The fourth-order valence-electron chi connectivity index (χ4n) is 0.759. The Labute approximate surface area is 70.3 Å². The molecule has 58 valence electrons. The third kappa shape index (κ3) is 1.95. The standard InChI is InChI=1S/C8H8ClNO/c1-6-2-4-7(5-3-6)8(11)10-9/h2-5H,1H3,(H,10,11). The molecule has 0 aliphatic carbocycles. The Morgan fingerprint density at radius 3 is 2.36 bits per heavy atom. The highest BCUT2D eigenvalue weighted by Gasteiger charge is 2.00. The molecule has 0 fully saturated rings. The molecule has 1 N–H and O–H groups in total. The molecule has 3 heteroatoms. The van der Waals surface area contributed by atoms with Crippen LogP contribution in [-0.2, 0) is 0 Å². The van der Waals surface area contributed by atoms with E-state index in [1.54, 1.807) is 12.1 Å². The van der Waals surface area contributed by atoms with Crippen molar-refractivity contribution < 1.29 is 4.79 Å². The van der Waals surface area contributed by atoms with Crippen molar-refractivity contribution in [2.75, 3.05) is 0 Å². The maximum absolute atomic E-state index is 10.9. The second-order valence-corrected chi connectivity index (χ2v) is 2.48. The van der Waals surface area contributed by atoms with Gasteiger partial charge in [0.25, 0.3) is 5.91 Å². The Balaban J connectivity index is 2.90. The zero-order valence-electron chi connectivity index (χ0n) is 6.10. The van der Waals surface area contributed by atoms with Crippen LogP contribution in [0, 0.1) is 6.92 Å². The summed E-state index contributed by atoms with van der Waals surface area (Å²) < 4.78 is 0. The van der Waals surface area contributed by atoms with Crippen LogP contribution in [0.2, 0.25) is 0 Å². The van der Waals surface area contributed by atoms with Crippen molar-refractivity contribution in [3.8, 4) is 0 Å². The zero-order chi connectivity index (χ0) is 8.27. The molecule has 0 aromatic heterocycles. The van der Waals surface area contributed by atoms with E-state index in [2.05, 4.69) is 0 Å². The monoisotopic (exact) mass is 169 g/mol. The molecular weight excluding hydrogens is 162 g/mol. The molecule has 0 bridgehead atoms. The minimum atomic E-state index is -0.272. The molecule has 0 saturated heterocycles. The van der Waals surface area contributed by atoms with E-state index >= 15 is 0 Å². The van der Waals surface area contributed by atoms with Crippen molar-refractivity contribution in [2.24, 2.45) is 0 Å². The predicted molar refractivity (Wildman–Crippen MR) is 44.5 cm³/mol. The molecule has 2 nitrogen and oxygen atoms in total. The van der Waals surface area contributed by atoms with Crippen molar-refractivity contribution in [1.82, 2.24) is 4.84 Å². The largest absolute Gasteiger partial charge is 0.268 e. The second-order valence-electron chi connectivity index (χ2n) is 2.29. The Bertz CT molecular complexity index is 255. The van der Waals surface area contributed by atoms with Gasteiger partial charge < -0.3 is 0 Å². The number of benzene rings is 1. The first kappa shape index (κ1) is 8.08. The van der Waals surface area contributed by atoms with Gasteiger partial charge in [-0.1, -0.05) is 17.7 Å². The average Bonchev–Trinajstić information content (AvgIpc) is 2.05. The third-order valence-corrected chi connectivity index (χ3v) is 1.57. The van der Waals surface area contributed by atoms with Crippen LogP contribution in [0.3, 0.4) is 0 Å². The molecular formula is C8H8ClNO. The van der Waals surface area contributed by atoms with Gasteiger partial charge in [0, 0.05) is 17.3 Å². The Kier molecular flexibility index (Phi) is 2.49. The molecule has 0 aliphatic rings. The number of carbonyl (C=O) groups is 1. The number of rotatable bonds is 1. The van der Waals surface area contributed by atoms with Crippen molar-refractivity contribution in [2.45, 2.75) is 6.92 Å². The molecule has 1 rings (SSSR count). The number of hydrogen-bond acceptors (Lipinski definition) is 1. The van der Waals surface area contributed by atoms with Gasteiger partial charge in [0.1, 0.15) is 0 Å². The van der Waals surface area contributed by atoms with E-state index in [1.807, 2.05) is 23.9 Å². The molecule has 0 radical (unpaired) electrons. The van der Waals surface area contributed by atoms with E-state index in [0.717, 1.165) is 5.56 Å². The van der Waals surface area contributed by atoms with Gasteiger partial charge in [0.15, 0.2) is 0 Å². The summed E-state index contributed by atoms with van der Waals surface area (Å²) >= 11 is 5.13. The van der Waals surface area contributed by atoms with Crippen molar-refractivity contribution >= 4 is 17.7 Å². The van der Waals surface area contributed by atoms with Gasteiger partial charge in [0.05, 0.1) is 0 Å². The second kappa shape index (κ2) is 3.39. The lowest BCUT2D eigenvalue weighted by Crippen LogP contribution is -2.11. The number of halogens is 1. The number of aryl methyl sites for hydroxylation is 1. The third-order valence-electron chi connectivity index (χ3n) is 1.40. The van der Waals surface area contributed by atoms with E-state index in [0.29, 0.717) is 5.56 Å². The average molecular weight is 170 g/mol. The van der Waals surface area contributed by atoms with Crippen molar-refractivity contribution in [3.63, 3.8) is 0 Å². The van der Waals surface area contributed by atoms with Crippen LogP contribution in [-0.4, -0.2) is 5.91 Å². The Hall–Kier alpha value is -1.02. The molecule has 0 unspecified atom stereocenters. The van der Waals surface area contributed by atoms with Crippen molar-refractivity contribution in [1.29, 1.82) is 0 Å². The Morgan fingerprint density at radius 2 is 1.91 bits per heavy atom. The summed E-state index contributed by atoms with van der Waals surface area (Å²) in [6.45, 7) is 1.96. The van der Waals surface area contributed by atoms with Gasteiger partial charge in [-0.15, -0.1) is 0 Å². The maximum Gasteiger partial charge on any atom is 0.265 e. The van der Waals surface area contributed by atoms with E-state index in [9.17, 15) is 4.79 Å². The van der Waals surface area contributed by atoms with Gasteiger partial charge in [-0.25, -0.2) is 0 Å². The van der Waals surface area contributed by atoms with Crippen molar-refractivity contribution in [3.05, 3.63) is 35.4 Å². The lowest BCUT2D eigenvalue weighted by Gasteiger charge is -1.96. The maximum atomic E-state index is 10.9. The van der Waals surface area contributed by atoms with Crippen LogP contribution in [0.4, 0.5) is 0 Å². The van der Waals surface area contributed by atoms with Crippen LogP contribution in [0.15, 0.2) is 24.3 Å². The number of carbonyl (C=O) groups excluding carboxylic acids is 1. The summed E-state index contributed by atoms with van der Waals surface area (Å²) in [6, 6.07) is 7.18. The number of hydrogen-bond donors (Lipinski definition) is 1. The minimum Gasteiger partial charge on any atom is -0.268 e. The van der Waals surface area contributed by atoms with Crippen LogP contribution in [0.1, 0.15) is 15.9 Å². The van der Waals surface area contributed by atoms with E-state index in [4.69, 9.17) is 11.8 Å². The Morgan fingerprint density at radius 1 is 1.36 bits per heavy atom. The first-order valence-corrected chi connectivity index (χ1v) is 3.59. The minimum absolute atomic E-state index is 0.272. The van der Waals surface area contributed by atoms with Gasteiger partial charge in [-0.3, -0.25) is 9.63 Å². The molecule has 1 aromatic rings. The van der Waals surface area contributed by atoms with Crippen LogP contribution < -0.4 is 4.84 Å². The van der Waals surface area contributed by atoms with E-state index in [-0.39, 0.29) is 5.91 Å². The summed E-state index contributed by atoms with van der Waals surface area (Å²) in [4.78, 5) is 12.9. The molecule has 0 saturated carbocycles. The molecule has 0 aliphatic heterocycles. The molecule has 1 amide bonds. The molecule has 1 aromatic carbocycles. The topological polar surface area (TPSA) is 29.1 Å². The highest BCUT2D eigenvalue weighted by Crippen LogP contribution is 2.02. The lowest BCUT2D eigenvalue weighted by molar-refractivity contribution is 0.0982. The van der Waals surface area contributed by atoms with Gasteiger partial charge in [0.2, 0.25) is 0 Å². The van der Waals surface area contributed by atoms with Crippen LogP contribution in [0.5, 0.6) is 0 Å².